The lowest BCUT2D eigenvalue weighted by atomic mass is 9.93. The quantitative estimate of drug-likeness (QED) is 0.126. The summed E-state index contributed by atoms with van der Waals surface area (Å²) in [6, 6.07) is 0. The zero-order chi connectivity index (χ0) is 34.4. The molecule has 0 saturated carbocycles. The summed E-state index contributed by atoms with van der Waals surface area (Å²) in [4.78, 5) is 38.4. The van der Waals surface area contributed by atoms with Gasteiger partial charge in [0.05, 0.1) is 31.8 Å². The van der Waals surface area contributed by atoms with E-state index in [2.05, 4.69) is 26.3 Å². The first-order chi connectivity index (χ1) is 18.7. The number of hydrogen-bond donors (Lipinski definition) is 11. The van der Waals surface area contributed by atoms with Crippen LogP contribution in [0.4, 0.5) is 0 Å². The molecule has 0 unspecified atom stereocenters. The molecule has 41 heavy (non-hydrogen) atoms. The Hall–Kier alpha value is -3.44. The van der Waals surface area contributed by atoms with Crippen molar-refractivity contribution in [3.8, 4) is 0 Å². The normalized spacial score (nSPS) is 9.07. The van der Waals surface area contributed by atoms with Gasteiger partial charge in [0.1, 0.15) is 0 Å². The third kappa shape index (κ3) is 43.8. The Morgan fingerprint density at radius 3 is 0.707 bits per heavy atom. The van der Waals surface area contributed by atoms with E-state index in [0.29, 0.717) is 6.42 Å². The van der Waals surface area contributed by atoms with E-state index in [9.17, 15) is 19.2 Å². The van der Waals surface area contributed by atoms with E-state index >= 15 is 0 Å². The van der Waals surface area contributed by atoms with Crippen LogP contribution in [-0.2, 0) is 19.2 Å². The number of rotatable bonds is 12. The standard InChI is InChI=1S/C5H12O4.C5H12O3.4C4H6O2/c6-1-5(2-7,3-8)4-9;6-2-1-5(3-7)4-8;4*1-3(2)4(5)6/h6-9H,1-4H2;5-8H,1-4H2;4*1H2,2H3,(H,5,6). The summed E-state index contributed by atoms with van der Waals surface area (Å²) in [6.45, 7) is 16.7. The Bertz CT molecular complexity index is 618. The topological polar surface area (TPSA) is 291 Å². The smallest absolute Gasteiger partial charge is 0.330 e. The molecule has 0 bridgehead atoms. The molecule has 0 aliphatic heterocycles. The molecule has 0 aromatic rings. The summed E-state index contributed by atoms with van der Waals surface area (Å²) in [7, 11) is 0. The van der Waals surface area contributed by atoms with Crippen molar-refractivity contribution in [2.75, 3.05) is 46.2 Å². The van der Waals surface area contributed by atoms with Crippen molar-refractivity contribution in [3.63, 3.8) is 0 Å². The Kier molecular flexibility index (Phi) is 40.3. The number of carboxylic acid groups (broad SMARTS) is 4. The fourth-order valence-corrected chi connectivity index (χ4v) is 0.723. The predicted octanol–water partition coefficient (Wildman–Crippen LogP) is -0.500. The molecule has 0 spiro atoms. The van der Waals surface area contributed by atoms with Crippen LogP contribution in [0, 0.1) is 11.3 Å². The van der Waals surface area contributed by atoms with Crippen molar-refractivity contribution in [1.29, 1.82) is 0 Å². The van der Waals surface area contributed by atoms with Crippen LogP contribution in [-0.4, -0.2) is 126 Å². The van der Waals surface area contributed by atoms with Gasteiger partial charge in [0, 0.05) is 48.0 Å². The maximum Gasteiger partial charge on any atom is 0.330 e. The van der Waals surface area contributed by atoms with E-state index in [4.69, 9.17) is 56.2 Å². The molecular weight excluding hydrogens is 552 g/mol. The molecular formula is C26H48O15. The van der Waals surface area contributed by atoms with Gasteiger partial charge in [-0.1, -0.05) is 26.3 Å². The number of aliphatic hydroxyl groups is 7. The van der Waals surface area contributed by atoms with Crippen LogP contribution >= 0.6 is 0 Å². The number of hydrogen-bond acceptors (Lipinski definition) is 11. The number of aliphatic hydroxyl groups excluding tert-OH is 7. The Balaban J connectivity index is -0.0000000904. The monoisotopic (exact) mass is 600 g/mol. The molecule has 0 atom stereocenters. The fourth-order valence-electron chi connectivity index (χ4n) is 0.723. The van der Waals surface area contributed by atoms with Crippen LogP contribution in [0.25, 0.3) is 0 Å². The minimum atomic E-state index is -1.11. The average Bonchev–Trinajstić information content (AvgIpc) is 2.90. The highest BCUT2D eigenvalue weighted by Gasteiger charge is 2.26. The fraction of sp³-hybridized carbons (Fsp3) is 0.538. The second-order valence-corrected chi connectivity index (χ2v) is 8.22. The molecule has 11 N–H and O–H groups in total. The molecule has 0 amide bonds. The Morgan fingerprint density at radius 1 is 0.512 bits per heavy atom. The molecule has 0 heterocycles. The third-order valence-electron chi connectivity index (χ3n) is 3.86. The molecule has 242 valence electrons. The van der Waals surface area contributed by atoms with Gasteiger partial charge in [-0.2, -0.15) is 0 Å². The second kappa shape index (κ2) is 32.8. The molecule has 15 nitrogen and oxygen atoms in total. The van der Waals surface area contributed by atoms with Crippen LogP contribution in [0.5, 0.6) is 0 Å². The molecule has 0 aromatic carbocycles. The van der Waals surface area contributed by atoms with Crippen LogP contribution < -0.4 is 0 Å². The Morgan fingerprint density at radius 2 is 0.683 bits per heavy atom. The highest BCUT2D eigenvalue weighted by molar-refractivity contribution is 5.85. The molecule has 0 radical (unpaired) electrons. The summed E-state index contributed by atoms with van der Waals surface area (Å²) in [5, 5.41) is 90.6. The summed E-state index contributed by atoms with van der Waals surface area (Å²) in [5.41, 5.74) is -0.407. The molecule has 15 heteroatoms. The minimum absolute atomic E-state index is 0.0335. The first-order valence-electron chi connectivity index (χ1n) is 11.5. The summed E-state index contributed by atoms with van der Waals surface area (Å²) in [5.74, 6) is -3.88. The maximum absolute atomic E-state index is 9.60. The molecule has 0 fully saturated rings. The third-order valence-corrected chi connectivity index (χ3v) is 3.86. The van der Waals surface area contributed by atoms with Crippen molar-refractivity contribution in [3.05, 3.63) is 48.6 Å². The van der Waals surface area contributed by atoms with E-state index in [0.717, 1.165) is 0 Å². The highest BCUT2D eigenvalue weighted by Crippen LogP contribution is 2.11. The second-order valence-electron chi connectivity index (χ2n) is 8.22. The lowest BCUT2D eigenvalue weighted by Crippen LogP contribution is -2.37. The van der Waals surface area contributed by atoms with Crippen LogP contribution in [0.1, 0.15) is 34.1 Å². The van der Waals surface area contributed by atoms with Crippen molar-refractivity contribution < 1.29 is 75.3 Å². The minimum Gasteiger partial charge on any atom is -0.478 e. The zero-order valence-electron chi connectivity index (χ0n) is 24.1. The zero-order valence-corrected chi connectivity index (χ0v) is 24.1. The number of aliphatic carboxylic acids is 4. The lowest BCUT2D eigenvalue weighted by Gasteiger charge is -2.23. The van der Waals surface area contributed by atoms with Crippen molar-refractivity contribution in [2.24, 2.45) is 11.3 Å². The van der Waals surface area contributed by atoms with Crippen LogP contribution in [0.2, 0.25) is 0 Å². The van der Waals surface area contributed by atoms with E-state index in [1.807, 2.05) is 0 Å². The van der Waals surface area contributed by atoms with E-state index in [1.54, 1.807) is 0 Å². The molecule has 0 saturated heterocycles. The van der Waals surface area contributed by atoms with Gasteiger partial charge in [-0.25, -0.2) is 19.2 Å². The van der Waals surface area contributed by atoms with Gasteiger partial charge in [0.15, 0.2) is 0 Å². The Labute approximate surface area is 240 Å². The van der Waals surface area contributed by atoms with Gasteiger partial charge in [-0.05, 0) is 34.1 Å². The molecule has 0 rings (SSSR count). The average molecular weight is 601 g/mol. The number of carboxylic acids is 4. The van der Waals surface area contributed by atoms with Crippen molar-refractivity contribution in [2.45, 2.75) is 34.1 Å². The highest BCUT2D eigenvalue weighted by atomic mass is 16.4. The largest absolute Gasteiger partial charge is 0.478 e. The predicted molar refractivity (Wildman–Crippen MR) is 150 cm³/mol. The van der Waals surface area contributed by atoms with Gasteiger partial charge in [-0.3, -0.25) is 0 Å². The van der Waals surface area contributed by atoms with E-state index < -0.39 is 55.7 Å². The van der Waals surface area contributed by atoms with Gasteiger partial charge < -0.3 is 56.2 Å². The van der Waals surface area contributed by atoms with Gasteiger partial charge in [0.2, 0.25) is 0 Å². The van der Waals surface area contributed by atoms with Gasteiger partial charge >= 0.3 is 23.9 Å². The van der Waals surface area contributed by atoms with E-state index in [1.165, 1.54) is 27.7 Å². The molecule has 0 aliphatic rings. The van der Waals surface area contributed by atoms with Crippen LogP contribution in [0.3, 0.4) is 0 Å². The first kappa shape index (κ1) is 50.4. The van der Waals surface area contributed by atoms with E-state index in [-0.39, 0.29) is 48.0 Å². The van der Waals surface area contributed by atoms with Gasteiger partial charge in [-0.15, -0.1) is 0 Å². The summed E-state index contributed by atoms with van der Waals surface area (Å²) >= 11 is 0. The maximum atomic E-state index is 9.60. The molecule has 0 aromatic heterocycles. The van der Waals surface area contributed by atoms with Crippen molar-refractivity contribution >= 4 is 23.9 Å². The lowest BCUT2D eigenvalue weighted by molar-refractivity contribution is -0.133. The number of carbonyl (C=O) groups is 4. The van der Waals surface area contributed by atoms with Crippen molar-refractivity contribution in [1.82, 2.24) is 0 Å². The summed E-state index contributed by atoms with van der Waals surface area (Å²) < 4.78 is 0. The SMILES string of the molecule is C=C(C)C(=O)O.C=C(C)C(=O)O.C=C(C)C(=O)O.C=C(C)C(=O)O.OCC(CO)(CO)CO.OCCC(CO)CO. The van der Waals surface area contributed by atoms with Gasteiger partial charge in [0.25, 0.3) is 0 Å². The first-order valence-corrected chi connectivity index (χ1v) is 11.5. The summed E-state index contributed by atoms with van der Waals surface area (Å²) in [6.07, 6.45) is 0.479. The molecule has 0 aliphatic carbocycles. The van der Waals surface area contributed by atoms with Crippen LogP contribution in [0.15, 0.2) is 48.6 Å².